The van der Waals surface area contributed by atoms with Crippen molar-refractivity contribution in [1.29, 1.82) is 0 Å². The number of benzene rings is 7. The second-order valence-corrected chi connectivity index (χ2v) is 13.2. The standard InChI is InChI=1S/C48H33NO2/c1-2-10-32(11-3-1)33-20-26-36(27-21-33)49(37-28-22-34(23-29-37)39-14-8-16-43-41-12-4-6-18-45(41)50-47(39)43)38-30-24-35(25-31-38)40-15-9-17-44-42-13-5-7-19-46(42)51-48(40)44/h1-31,41,45H. The molecule has 1 aromatic heterocycles. The molecule has 1 aliphatic carbocycles. The third-order valence-corrected chi connectivity index (χ3v) is 10.3. The molecule has 51 heavy (non-hydrogen) atoms. The van der Waals surface area contributed by atoms with Crippen LogP contribution in [0.25, 0.3) is 55.3 Å². The molecule has 0 spiro atoms. The van der Waals surface area contributed by atoms with Crippen molar-refractivity contribution in [2.75, 3.05) is 4.90 Å². The molecule has 2 atom stereocenters. The molecule has 0 saturated heterocycles. The molecule has 0 fully saturated rings. The highest BCUT2D eigenvalue weighted by molar-refractivity contribution is 6.09. The summed E-state index contributed by atoms with van der Waals surface area (Å²) in [4.78, 5) is 2.32. The topological polar surface area (TPSA) is 25.6 Å². The van der Waals surface area contributed by atoms with Crippen LogP contribution in [0.4, 0.5) is 17.1 Å². The lowest BCUT2D eigenvalue weighted by molar-refractivity contribution is 0.270. The summed E-state index contributed by atoms with van der Waals surface area (Å²) in [6.45, 7) is 0. The first-order valence-electron chi connectivity index (χ1n) is 17.5. The minimum absolute atomic E-state index is 0.0570. The summed E-state index contributed by atoms with van der Waals surface area (Å²) >= 11 is 0. The van der Waals surface area contributed by atoms with Crippen LogP contribution in [0.15, 0.2) is 193 Å². The zero-order valence-electron chi connectivity index (χ0n) is 27.8. The number of hydrogen-bond acceptors (Lipinski definition) is 3. The lowest BCUT2D eigenvalue weighted by Gasteiger charge is -2.26. The van der Waals surface area contributed by atoms with Crippen molar-refractivity contribution >= 4 is 39.0 Å². The third-order valence-electron chi connectivity index (χ3n) is 10.3. The van der Waals surface area contributed by atoms with Crippen LogP contribution in [0.3, 0.4) is 0 Å². The van der Waals surface area contributed by atoms with Crippen LogP contribution in [0.5, 0.6) is 5.75 Å². The van der Waals surface area contributed by atoms with E-state index in [9.17, 15) is 0 Å². The number of fused-ring (bicyclic) bond motifs is 6. The van der Waals surface area contributed by atoms with Gasteiger partial charge in [-0.3, -0.25) is 0 Å². The smallest absolute Gasteiger partial charge is 0.143 e. The second-order valence-electron chi connectivity index (χ2n) is 13.2. The number of rotatable bonds is 6. The first-order chi connectivity index (χ1) is 25.3. The van der Waals surface area contributed by atoms with Gasteiger partial charge in [-0.25, -0.2) is 0 Å². The van der Waals surface area contributed by atoms with Gasteiger partial charge in [-0.1, -0.05) is 140 Å². The summed E-state index contributed by atoms with van der Waals surface area (Å²) in [5.41, 5.74) is 13.1. The normalized spacial score (nSPS) is 15.8. The molecule has 3 nitrogen and oxygen atoms in total. The molecule has 242 valence electrons. The monoisotopic (exact) mass is 655 g/mol. The Hall–Kier alpha value is -6.58. The highest BCUT2D eigenvalue weighted by atomic mass is 16.5. The number of nitrogens with zero attached hydrogens (tertiary/aromatic N) is 1. The zero-order chi connectivity index (χ0) is 33.7. The molecular formula is C48H33NO2. The number of furan rings is 1. The summed E-state index contributed by atoms with van der Waals surface area (Å²) in [6, 6.07) is 58.2. The largest absolute Gasteiger partial charge is 0.484 e. The molecule has 2 aliphatic rings. The van der Waals surface area contributed by atoms with Crippen LogP contribution in [-0.2, 0) is 0 Å². The van der Waals surface area contributed by atoms with Crippen LogP contribution >= 0.6 is 0 Å². The summed E-state index contributed by atoms with van der Waals surface area (Å²) in [5.74, 6) is 1.25. The van der Waals surface area contributed by atoms with Gasteiger partial charge in [-0.2, -0.15) is 0 Å². The minimum Gasteiger partial charge on any atom is -0.484 e. The van der Waals surface area contributed by atoms with E-state index in [4.69, 9.17) is 9.15 Å². The summed E-state index contributed by atoms with van der Waals surface area (Å²) < 4.78 is 12.9. The maximum Gasteiger partial charge on any atom is 0.143 e. The van der Waals surface area contributed by atoms with Gasteiger partial charge in [0.05, 0.1) is 0 Å². The third kappa shape index (κ3) is 5.05. The van der Waals surface area contributed by atoms with E-state index in [0.29, 0.717) is 0 Å². The van der Waals surface area contributed by atoms with Gasteiger partial charge in [0.2, 0.25) is 0 Å². The number of ether oxygens (including phenoxy) is 1. The molecule has 0 bridgehead atoms. The van der Waals surface area contributed by atoms with Crippen LogP contribution in [0, 0.1) is 0 Å². The SMILES string of the molecule is C1=CC2Oc3c(-c4ccc(N(c5ccc(-c6ccccc6)cc5)c5ccc(-c6cccc7c6oc6ccccc67)cc5)cc4)cccc3C2C=C1. The molecule has 3 heteroatoms. The molecule has 2 heterocycles. The van der Waals surface area contributed by atoms with Crippen LogP contribution < -0.4 is 9.64 Å². The maximum atomic E-state index is 6.50. The zero-order valence-corrected chi connectivity index (χ0v) is 27.8. The molecule has 1 aliphatic heterocycles. The van der Waals surface area contributed by atoms with Crippen LogP contribution in [-0.4, -0.2) is 6.10 Å². The highest BCUT2D eigenvalue weighted by Crippen LogP contribution is 2.47. The van der Waals surface area contributed by atoms with E-state index in [2.05, 4.69) is 181 Å². The molecule has 0 saturated carbocycles. The minimum atomic E-state index is 0.0570. The van der Waals surface area contributed by atoms with Crippen molar-refractivity contribution in [3.8, 4) is 39.1 Å². The first-order valence-corrected chi connectivity index (χ1v) is 17.5. The van der Waals surface area contributed by atoms with Crippen LogP contribution in [0.2, 0.25) is 0 Å². The van der Waals surface area contributed by atoms with Gasteiger partial charge in [-0.05, 0) is 70.8 Å². The molecule has 7 aromatic carbocycles. The Bertz CT molecular complexity index is 2600. The molecule has 8 aromatic rings. The second kappa shape index (κ2) is 12.1. The molecule has 0 amide bonds. The van der Waals surface area contributed by atoms with E-state index in [0.717, 1.165) is 67.0 Å². The van der Waals surface area contributed by atoms with Crippen molar-refractivity contribution < 1.29 is 9.15 Å². The van der Waals surface area contributed by atoms with Crippen LogP contribution in [0.1, 0.15) is 11.5 Å². The predicted octanol–water partition coefficient (Wildman–Crippen LogP) is 13.0. The number of allylic oxidation sites excluding steroid dienone is 2. The van der Waals surface area contributed by atoms with Crippen molar-refractivity contribution in [1.82, 2.24) is 0 Å². The Labute approximate surface area is 297 Å². The maximum absolute atomic E-state index is 6.50. The summed E-state index contributed by atoms with van der Waals surface area (Å²) in [5, 5.41) is 2.27. The van der Waals surface area contributed by atoms with Crippen molar-refractivity contribution in [2.45, 2.75) is 12.0 Å². The molecule has 2 unspecified atom stereocenters. The molecule has 0 radical (unpaired) electrons. The predicted molar refractivity (Wildman–Crippen MR) is 210 cm³/mol. The quantitative estimate of drug-likeness (QED) is 0.178. The van der Waals surface area contributed by atoms with Gasteiger partial charge < -0.3 is 14.1 Å². The van der Waals surface area contributed by atoms with Crippen molar-refractivity contribution in [2.24, 2.45) is 0 Å². The molecule has 10 rings (SSSR count). The van der Waals surface area contributed by atoms with E-state index in [-0.39, 0.29) is 12.0 Å². The Balaban J connectivity index is 1.03. The fourth-order valence-corrected chi connectivity index (χ4v) is 7.73. The molecular weight excluding hydrogens is 623 g/mol. The summed E-state index contributed by atoms with van der Waals surface area (Å²) in [7, 11) is 0. The van der Waals surface area contributed by atoms with Gasteiger partial charge in [0, 0.05) is 50.4 Å². The molecule has 0 N–H and O–H groups in total. The highest BCUT2D eigenvalue weighted by Gasteiger charge is 2.33. The Morgan fingerprint density at radius 3 is 1.75 bits per heavy atom. The Morgan fingerprint density at radius 1 is 0.431 bits per heavy atom. The average Bonchev–Trinajstić information content (AvgIpc) is 3.78. The van der Waals surface area contributed by atoms with Gasteiger partial charge in [0.1, 0.15) is 23.0 Å². The van der Waals surface area contributed by atoms with Gasteiger partial charge in [0.15, 0.2) is 0 Å². The number of para-hydroxylation sites is 3. The van der Waals surface area contributed by atoms with E-state index in [1.807, 2.05) is 12.1 Å². The first kappa shape index (κ1) is 29.3. The Kier molecular flexibility index (Phi) is 6.95. The van der Waals surface area contributed by atoms with E-state index >= 15 is 0 Å². The lowest BCUT2D eigenvalue weighted by Crippen LogP contribution is -2.15. The van der Waals surface area contributed by atoms with Gasteiger partial charge in [-0.15, -0.1) is 0 Å². The fourth-order valence-electron chi connectivity index (χ4n) is 7.73. The number of anilines is 3. The fraction of sp³-hybridized carbons (Fsp3) is 0.0417. The summed E-state index contributed by atoms with van der Waals surface area (Å²) in [6.07, 6.45) is 8.65. The van der Waals surface area contributed by atoms with Gasteiger partial charge >= 0.3 is 0 Å². The van der Waals surface area contributed by atoms with E-state index < -0.39 is 0 Å². The van der Waals surface area contributed by atoms with E-state index in [1.165, 1.54) is 16.7 Å². The number of hydrogen-bond donors (Lipinski definition) is 0. The lowest BCUT2D eigenvalue weighted by atomic mass is 9.90. The average molecular weight is 656 g/mol. The van der Waals surface area contributed by atoms with Crippen molar-refractivity contribution in [3.05, 3.63) is 194 Å². The van der Waals surface area contributed by atoms with Gasteiger partial charge in [0.25, 0.3) is 0 Å². The van der Waals surface area contributed by atoms with E-state index in [1.54, 1.807) is 0 Å². The van der Waals surface area contributed by atoms with Crippen molar-refractivity contribution in [3.63, 3.8) is 0 Å². The Morgan fingerprint density at radius 2 is 1.00 bits per heavy atom.